The fourth-order valence-corrected chi connectivity index (χ4v) is 3.06. The molecule has 2 heterocycles. The van der Waals surface area contributed by atoms with Gasteiger partial charge in [-0.2, -0.15) is 0 Å². The second-order valence-corrected chi connectivity index (χ2v) is 5.90. The Morgan fingerprint density at radius 2 is 2.18 bits per heavy atom. The van der Waals surface area contributed by atoms with Crippen molar-refractivity contribution in [3.05, 3.63) is 24.3 Å². The molecule has 1 atom stereocenters. The Labute approximate surface area is 130 Å². The summed E-state index contributed by atoms with van der Waals surface area (Å²) in [5, 5.41) is 5.73. The number of rotatable bonds is 2. The van der Waals surface area contributed by atoms with Crippen LogP contribution in [0.4, 0.5) is 21.0 Å². The first-order valence-electron chi connectivity index (χ1n) is 7.88. The van der Waals surface area contributed by atoms with Crippen LogP contribution in [0.3, 0.4) is 0 Å². The third kappa shape index (κ3) is 3.00. The molecule has 2 aliphatic heterocycles. The molecule has 3 rings (SSSR count). The monoisotopic (exact) mass is 302 g/mol. The van der Waals surface area contributed by atoms with Crippen LogP contribution in [-0.2, 0) is 0 Å². The van der Waals surface area contributed by atoms with Gasteiger partial charge in [-0.1, -0.05) is 6.07 Å². The van der Waals surface area contributed by atoms with Crippen LogP contribution in [-0.4, -0.2) is 42.6 Å². The molecule has 2 N–H and O–H groups in total. The zero-order chi connectivity index (χ0) is 15.5. The first kappa shape index (κ1) is 14.7. The van der Waals surface area contributed by atoms with Gasteiger partial charge in [-0.3, -0.25) is 4.90 Å². The standard InChI is InChI=1S/C16H22N4O2/c1-12-5-2-3-9-19(12)16(22)18-13-6-4-7-14(11-13)20-10-8-17-15(20)21/h4,6-7,11-12H,2-3,5,8-10H2,1H3,(H,17,21)(H,18,22). The highest BCUT2D eigenvalue weighted by Gasteiger charge is 2.24. The summed E-state index contributed by atoms with van der Waals surface area (Å²) in [6, 6.07) is 7.56. The van der Waals surface area contributed by atoms with Crippen molar-refractivity contribution in [3.63, 3.8) is 0 Å². The number of hydrogen-bond acceptors (Lipinski definition) is 2. The Kier molecular flexibility index (Phi) is 4.18. The van der Waals surface area contributed by atoms with E-state index in [1.165, 1.54) is 6.42 Å². The molecule has 2 fully saturated rings. The van der Waals surface area contributed by atoms with Gasteiger partial charge in [-0.25, -0.2) is 9.59 Å². The highest BCUT2D eigenvalue weighted by atomic mass is 16.2. The van der Waals surface area contributed by atoms with Crippen molar-refractivity contribution in [2.75, 3.05) is 29.9 Å². The molecule has 118 valence electrons. The number of nitrogens with one attached hydrogen (secondary N) is 2. The van der Waals surface area contributed by atoms with Crippen molar-refractivity contribution in [2.24, 2.45) is 0 Å². The van der Waals surface area contributed by atoms with E-state index >= 15 is 0 Å². The van der Waals surface area contributed by atoms with Gasteiger partial charge in [-0.05, 0) is 44.4 Å². The Morgan fingerprint density at radius 1 is 1.32 bits per heavy atom. The molecular formula is C16H22N4O2. The first-order valence-corrected chi connectivity index (χ1v) is 7.88. The predicted octanol–water partition coefficient (Wildman–Crippen LogP) is 2.62. The van der Waals surface area contributed by atoms with Gasteiger partial charge in [0.05, 0.1) is 0 Å². The number of hydrogen-bond donors (Lipinski definition) is 2. The summed E-state index contributed by atoms with van der Waals surface area (Å²) in [5.74, 6) is 0. The number of benzene rings is 1. The van der Waals surface area contributed by atoms with E-state index < -0.39 is 0 Å². The Morgan fingerprint density at radius 3 is 2.91 bits per heavy atom. The number of urea groups is 2. The number of carbonyl (C=O) groups is 2. The molecule has 1 aromatic rings. The van der Waals surface area contributed by atoms with Crippen molar-refractivity contribution in [1.29, 1.82) is 0 Å². The number of piperidine rings is 1. The van der Waals surface area contributed by atoms with E-state index in [2.05, 4.69) is 17.6 Å². The van der Waals surface area contributed by atoms with E-state index in [1.807, 2.05) is 29.2 Å². The first-order chi connectivity index (χ1) is 10.6. The SMILES string of the molecule is CC1CCCCN1C(=O)Nc1cccc(N2CCNC2=O)c1. The third-order valence-electron chi connectivity index (χ3n) is 4.33. The van der Waals surface area contributed by atoms with Crippen LogP contribution in [0, 0.1) is 0 Å². The molecule has 22 heavy (non-hydrogen) atoms. The fourth-order valence-electron chi connectivity index (χ4n) is 3.06. The number of anilines is 2. The van der Waals surface area contributed by atoms with Gasteiger partial charge in [-0.15, -0.1) is 0 Å². The highest BCUT2D eigenvalue weighted by molar-refractivity contribution is 5.95. The van der Waals surface area contributed by atoms with Crippen LogP contribution in [0.5, 0.6) is 0 Å². The van der Waals surface area contributed by atoms with Gasteiger partial charge in [0.1, 0.15) is 0 Å². The summed E-state index contributed by atoms with van der Waals surface area (Å²) in [7, 11) is 0. The van der Waals surface area contributed by atoms with Gasteiger partial charge in [0, 0.05) is 37.1 Å². The minimum Gasteiger partial charge on any atom is -0.336 e. The average molecular weight is 302 g/mol. The lowest BCUT2D eigenvalue weighted by molar-refractivity contribution is 0.170. The van der Waals surface area contributed by atoms with Crippen LogP contribution in [0.2, 0.25) is 0 Å². The van der Waals surface area contributed by atoms with E-state index in [-0.39, 0.29) is 18.1 Å². The maximum atomic E-state index is 12.4. The second-order valence-electron chi connectivity index (χ2n) is 5.90. The van der Waals surface area contributed by atoms with Crippen LogP contribution < -0.4 is 15.5 Å². The van der Waals surface area contributed by atoms with Crippen molar-refractivity contribution >= 4 is 23.4 Å². The van der Waals surface area contributed by atoms with Crippen LogP contribution in [0.1, 0.15) is 26.2 Å². The van der Waals surface area contributed by atoms with E-state index in [4.69, 9.17) is 0 Å². The van der Waals surface area contributed by atoms with E-state index in [1.54, 1.807) is 4.90 Å². The van der Waals surface area contributed by atoms with Crippen molar-refractivity contribution in [2.45, 2.75) is 32.2 Å². The van der Waals surface area contributed by atoms with Gasteiger partial charge >= 0.3 is 12.1 Å². The largest absolute Gasteiger partial charge is 0.336 e. The quantitative estimate of drug-likeness (QED) is 0.882. The van der Waals surface area contributed by atoms with E-state index in [0.717, 1.165) is 30.8 Å². The molecule has 6 nitrogen and oxygen atoms in total. The molecule has 2 saturated heterocycles. The molecule has 0 radical (unpaired) electrons. The molecule has 4 amide bonds. The Bertz CT molecular complexity index is 575. The summed E-state index contributed by atoms with van der Waals surface area (Å²) >= 11 is 0. The van der Waals surface area contributed by atoms with Crippen molar-refractivity contribution in [3.8, 4) is 0 Å². The number of carbonyl (C=O) groups excluding carboxylic acids is 2. The fraction of sp³-hybridized carbons (Fsp3) is 0.500. The number of nitrogens with zero attached hydrogens (tertiary/aromatic N) is 2. The summed E-state index contributed by atoms with van der Waals surface area (Å²) in [6.45, 7) is 4.20. The Balaban J connectivity index is 1.70. The second kappa shape index (κ2) is 6.25. The normalized spacial score (nSPS) is 21.7. The lowest BCUT2D eigenvalue weighted by Gasteiger charge is -2.33. The topological polar surface area (TPSA) is 64.7 Å². The van der Waals surface area contributed by atoms with Crippen molar-refractivity contribution in [1.82, 2.24) is 10.2 Å². The summed E-state index contributed by atoms with van der Waals surface area (Å²) in [6.07, 6.45) is 3.30. The minimum atomic E-state index is -0.0897. The maximum Gasteiger partial charge on any atom is 0.322 e. The molecule has 0 spiro atoms. The molecule has 2 aliphatic rings. The minimum absolute atomic E-state index is 0.0600. The van der Waals surface area contributed by atoms with Crippen LogP contribution >= 0.6 is 0 Å². The number of amides is 4. The van der Waals surface area contributed by atoms with Gasteiger partial charge in [0.25, 0.3) is 0 Å². The zero-order valence-corrected chi connectivity index (χ0v) is 12.8. The summed E-state index contributed by atoms with van der Waals surface area (Å²) in [4.78, 5) is 27.7. The average Bonchev–Trinajstić information content (AvgIpc) is 2.94. The molecule has 1 unspecified atom stereocenters. The summed E-state index contributed by atoms with van der Waals surface area (Å²) in [5.41, 5.74) is 1.53. The molecular weight excluding hydrogens is 280 g/mol. The smallest absolute Gasteiger partial charge is 0.322 e. The molecule has 6 heteroatoms. The lowest BCUT2D eigenvalue weighted by Crippen LogP contribution is -2.44. The molecule has 0 bridgehead atoms. The molecule has 0 aromatic heterocycles. The van der Waals surface area contributed by atoms with E-state index in [0.29, 0.717) is 13.1 Å². The van der Waals surface area contributed by atoms with Gasteiger partial charge in [0.2, 0.25) is 0 Å². The molecule has 0 saturated carbocycles. The summed E-state index contributed by atoms with van der Waals surface area (Å²) < 4.78 is 0. The zero-order valence-electron chi connectivity index (χ0n) is 12.8. The molecule has 1 aromatic carbocycles. The van der Waals surface area contributed by atoms with E-state index in [9.17, 15) is 9.59 Å². The van der Waals surface area contributed by atoms with Crippen LogP contribution in [0.25, 0.3) is 0 Å². The van der Waals surface area contributed by atoms with Crippen molar-refractivity contribution < 1.29 is 9.59 Å². The number of likely N-dealkylation sites (tertiary alicyclic amines) is 1. The van der Waals surface area contributed by atoms with Gasteiger partial charge in [0.15, 0.2) is 0 Å². The molecule has 0 aliphatic carbocycles. The highest BCUT2D eigenvalue weighted by Crippen LogP contribution is 2.22. The third-order valence-corrected chi connectivity index (χ3v) is 4.33. The maximum absolute atomic E-state index is 12.4. The van der Waals surface area contributed by atoms with Crippen LogP contribution in [0.15, 0.2) is 24.3 Å². The van der Waals surface area contributed by atoms with Gasteiger partial charge < -0.3 is 15.5 Å². The Hall–Kier alpha value is -2.24. The lowest BCUT2D eigenvalue weighted by atomic mass is 10.0. The predicted molar refractivity (Wildman–Crippen MR) is 86.2 cm³/mol.